The normalized spacial score (nSPS) is 15.5. The topological polar surface area (TPSA) is 47.4 Å². The minimum atomic E-state index is -0.319. The zero-order valence-electron chi connectivity index (χ0n) is 10.5. The summed E-state index contributed by atoms with van der Waals surface area (Å²) in [6.07, 6.45) is 4.63. The minimum Gasteiger partial charge on any atom is -0.306 e. The molecule has 0 unspecified atom stereocenters. The number of aromatic nitrogens is 2. The first-order chi connectivity index (χ1) is 9.33. The van der Waals surface area contributed by atoms with Crippen molar-refractivity contribution in [3.05, 3.63) is 29.8 Å². The van der Waals surface area contributed by atoms with Gasteiger partial charge in [-0.3, -0.25) is 4.84 Å². The summed E-state index contributed by atoms with van der Waals surface area (Å²) >= 11 is 1.61. The van der Waals surface area contributed by atoms with Crippen molar-refractivity contribution in [2.75, 3.05) is 13.1 Å². The molecule has 6 heteroatoms. The van der Waals surface area contributed by atoms with Crippen molar-refractivity contribution >= 4 is 17.4 Å². The van der Waals surface area contributed by atoms with E-state index in [1.165, 1.54) is 11.3 Å². The number of carbonyl (C=O) groups excluding carboxylic acids is 1. The molecule has 1 aliphatic rings. The highest BCUT2D eigenvalue weighted by atomic mass is 32.1. The fraction of sp³-hybridized carbons (Fsp3) is 0.385. The Labute approximate surface area is 115 Å². The maximum absolute atomic E-state index is 11.9. The maximum atomic E-state index is 11.9. The van der Waals surface area contributed by atoms with Gasteiger partial charge in [0, 0.05) is 13.1 Å². The molecule has 0 aromatic carbocycles. The second-order valence-electron chi connectivity index (χ2n) is 4.49. The van der Waals surface area contributed by atoms with Crippen LogP contribution in [0.1, 0.15) is 19.3 Å². The minimum absolute atomic E-state index is 0.319. The maximum Gasteiger partial charge on any atom is 0.435 e. The van der Waals surface area contributed by atoms with Gasteiger partial charge >= 0.3 is 6.09 Å². The molecule has 0 aliphatic carbocycles. The number of nitrogens with zero attached hydrogens (tertiary/aromatic N) is 3. The Hall–Kier alpha value is -1.82. The smallest absolute Gasteiger partial charge is 0.306 e. The quantitative estimate of drug-likeness (QED) is 0.848. The number of piperidine rings is 1. The van der Waals surface area contributed by atoms with E-state index in [1.807, 2.05) is 23.6 Å². The fourth-order valence-corrected chi connectivity index (χ4v) is 2.82. The van der Waals surface area contributed by atoms with Crippen molar-refractivity contribution in [3.8, 4) is 10.6 Å². The number of hydrogen-bond donors (Lipinski definition) is 0. The van der Waals surface area contributed by atoms with Gasteiger partial charge in [-0.2, -0.15) is 0 Å². The number of thiophene rings is 1. The Bertz CT molecular complexity index is 544. The average Bonchev–Trinajstić information content (AvgIpc) is 3.10. The van der Waals surface area contributed by atoms with Crippen LogP contribution >= 0.6 is 11.3 Å². The van der Waals surface area contributed by atoms with Crippen molar-refractivity contribution in [1.29, 1.82) is 0 Å². The number of rotatable bonds is 2. The monoisotopic (exact) mass is 277 g/mol. The third-order valence-corrected chi connectivity index (χ3v) is 4.02. The van der Waals surface area contributed by atoms with Gasteiger partial charge in [0.15, 0.2) is 0 Å². The van der Waals surface area contributed by atoms with Gasteiger partial charge in [0.25, 0.3) is 0 Å². The summed E-state index contributed by atoms with van der Waals surface area (Å²) < 4.78 is 0. The molecule has 3 heterocycles. The van der Waals surface area contributed by atoms with E-state index in [9.17, 15) is 4.79 Å². The third-order valence-electron chi connectivity index (χ3n) is 3.13. The lowest BCUT2D eigenvalue weighted by atomic mass is 10.1. The van der Waals surface area contributed by atoms with Crippen LogP contribution in [0.15, 0.2) is 29.8 Å². The molecule has 1 amide bonds. The van der Waals surface area contributed by atoms with Crippen LogP contribution in [0.4, 0.5) is 4.79 Å². The standard InChI is InChI=1S/C13H15N3O2S/c17-13(15-7-2-1-3-8-15)18-16-9-6-11(14-16)12-5-4-10-19-12/h4-6,9-10H,1-3,7-8H2. The van der Waals surface area contributed by atoms with Gasteiger partial charge in [-0.05, 0) is 36.8 Å². The van der Waals surface area contributed by atoms with Crippen LogP contribution in [0, 0.1) is 0 Å². The summed E-state index contributed by atoms with van der Waals surface area (Å²) in [6, 6.07) is 5.80. The molecule has 1 aliphatic heterocycles. The zero-order chi connectivity index (χ0) is 13.1. The number of amides is 1. The van der Waals surface area contributed by atoms with Crippen molar-refractivity contribution < 1.29 is 9.63 Å². The molecule has 1 saturated heterocycles. The summed E-state index contributed by atoms with van der Waals surface area (Å²) in [4.78, 5) is 21.2. The van der Waals surface area contributed by atoms with E-state index in [0.717, 1.165) is 36.5 Å². The van der Waals surface area contributed by atoms with Gasteiger partial charge in [0.1, 0.15) is 5.69 Å². The lowest BCUT2D eigenvalue weighted by Gasteiger charge is -2.25. The predicted molar refractivity (Wildman–Crippen MR) is 72.9 cm³/mol. The molecule has 0 spiro atoms. The highest BCUT2D eigenvalue weighted by Crippen LogP contribution is 2.22. The summed E-state index contributed by atoms with van der Waals surface area (Å²) in [7, 11) is 0. The van der Waals surface area contributed by atoms with Crippen LogP contribution < -0.4 is 4.84 Å². The van der Waals surface area contributed by atoms with Crippen LogP contribution in [0.3, 0.4) is 0 Å². The Morgan fingerprint density at radius 1 is 1.26 bits per heavy atom. The van der Waals surface area contributed by atoms with Gasteiger partial charge in [-0.25, -0.2) is 4.79 Å². The lowest BCUT2D eigenvalue weighted by molar-refractivity contribution is 0.0733. The van der Waals surface area contributed by atoms with Crippen molar-refractivity contribution in [2.45, 2.75) is 19.3 Å². The van der Waals surface area contributed by atoms with Crippen LogP contribution in [0.2, 0.25) is 0 Å². The highest BCUT2D eigenvalue weighted by Gasteiger charge is 2.19. The molecule has 2 aromatic rings. The molecule has 2 aromatic heterocycles. The summed E-state index contributed by atoms with van der Waals surface area (Å²) in [5.41, 5.74) is 0.821. The molecule has 0 saturated carbocycles. The van der Waals surface area contributed by atoms with Gasteiger partial charge in [-0.15, -0.1) is 16.4 Å². The Morgan fingerprint density at radius 2 is 2.11 bits per heavy atom. The molecular weight excluding hydrogens is 262 g/mol. The molecule has 0 bridgehead atoms. The van der Waals surface area contributed by atoms with E-state index in [4.69, 9.17) is 4.84 Å². The molecule has 1 fully saturated rings. The molecule has 100 valence electrons. The molecule has 0 radical (unpaired) electrons. The van der Waals surface area contributed by atoms with Gasteiger partial charge in [0.05, 0.1) is 11.1 Å². The molecule has 5 nitrogen and oxygen atoms in total. The van der Waals surface area contributed by atoms with E-state index in [2.05, 4.69) is 5.10 Å². The van der Waals surface area contributed by atoms with Crippen molar-refractivity contribution in [1.82, 2.24) is 14.8 Å². The Balaban J connectivity index is 1.65. The first kappa shape index (κ1) is 12.2. The van der Waals surface area contributed by atoms with Crippen LogP contribution in [0.25, 0.3) is 10.6 Å². The average molecular weight is 277 g/mol. The highest BCUT2D eigenvalue weighted by molar-refractivity contribution is 7.13. The summed E-state index contributed by atoms with van der Waals surface area (Å²) in [5, 5.41) is 6.24. The van der Waals surface area contributed by atoms with Gasteiger partial charge in [-0.1, -0.05) is 10.9 Å². The van der Waals surface area contributed by atoms with Gasteiger partial charge in [0.2, 0.25) is 0 Å². The SMILES string of the molecule is O=C(On1ccc(-c2cccs2)n1)N1CCCCC1. The lowest BCUT2D eigenvalue weighted by Crippen LogP contribution is -2.40. The molecule has 19 heavy (non-hydrogen) atoms. The van der Waals surface area contributed by atoms with Crippen LogP contribution in [-0.4, -0.2) is 34.0 Å². The fourth-order valence-electron chi connectivity index (χ4n) is 2.13. The number of likely N-dealkylation sites (tertiary alicyclic amines) is 1. The van der Waals surface area contributed by atoms with Crippen LogP contribution in [0.5, 0.6) is 0 Å². The van der Waals surface area contributed by atoms with E-state index in [0.29, 0.717) is 0 Å². The molecule has 0 atom stereocenters. The van der Waals surface area contributed by atoms with E-state index in [1.54, 1.807) is 22.4 Å². The second-order valence-corrected chi connectivity index (χ2v) is 5.43. The first-order valence-corrected chi connectivity index (χ1v) is 7.28. The largest absolute Gasteiger partial charge is 0.435 e. The molecule has 3 rings (SSSR count). The summed E-state index contributed by atoms with van der Waals surface area (Å²) in [5.74, 6) is 0. The van der Waals surface area contributed by atoms with E-state index in [-0.39, 0.29) is 6.09 Å². The van der Waals surface area contributed by atoms with Gasteiger partial charge < -0.3 is 4.90 Å². The number of carbonyl (C=O) groups is 1. The van der Waals surface area contributed by atoms with E-state index >= 15 is 0 Å². The summed E-state index contributed by atoms with van der Waals surface area (Å²) in [6.45, 7) is 1.55. The third kappa shape index (κ3) is 2.78. The van der Waals surface area contributed by atoms with Crippen molar-refractivity contribution in [2.24, 2.45) is 0 Å². The van der Waals surface area contributed by atoms with Crippen LogP contribution in [-0.2, 0) is 0 Å². The van der Waals surface area contributed by atoms with Crippen molar-refractivity contribution in [3.63, 3.8) is 0 Å². The number of hydrogen-bond acceptors (Lipinski definition) is 4. The zero-order valence-corrected chi connectivity index (χ0v) is 11.3. The predicted octanol–water partition coefficient (Wildman–Crippen LogP) is 2.65. The molecule has 0 N–H and O–H groups in total. The Kier molecular flexibility index (Phi) is 3.50. The second kappa shape index (κ2) is 5.44. The first-order valence-electron chi connectivity index (χ1n) is 6.40. The molecular formula is C13H15N3O2S. The Morgan fingerprint density at radius 3 is 2.84 bits per heavy atom. The van der Waals surface area contributed by atoms with E-state index < -0.39 is 0 Å².